The highest BCUT2D eigenvalue weighted by molar-refractivity contribution is 5.88. The van der Waals surface area contributed by atoms with Crippen molar-refractivity contribution in [1.82, 2.24) is 4.90 Å². The van der Waals surface area contributed by atoms with E-state index < -0.39 is 5.97 Å². The van der Waals surface area contributed by atoms with Gasteiger partial charge in [0.25, 0.3) is 0 Å². The summed E-state index contributed by atoms with van der Waals surface area (Å²) < 4.78 is 0. The number of carbonyl (C=O) groups is 3. The van der Waals surface area contributed by atoms with Gasteiger partial charge in [0, 0.05) is 6.54 Å². The van der Waals surface area contributed by atoms with E-state index in [1.54, 1.807) is 23.1 Å². The Labute approximate surface area is 123 Å². The molecule has 1 atom stereocenters. The SMILES string of the molecule is CC(=O)[C@H]1CCCN1C(=O)Cc1cccc(CC(=O)O)c1. The molecule has 1 aliphatic rings. The molecule has 0 bridgehead atoms. The van der Waals surface area contributed by atoms with Gasteiger partial charge in [-0.3, -0.25) is 14.4 Å². The number of hydrogen-bond donors (Lipinski definition) is 1. The quantitative estimate of drug-likeness (QED) is 0.890. The second-order valence-electron chi connectivity index (χ2n) is 5.42. The number of carboxylic acids is 1. The van der Waals surface area contributed by atoms with Crippen molar-refractivity contribution in [3.63, 3.8) is 0 Å². The van der Waals surface area contributed by atoms with Crippen LogP contribution in [-0.2, 0) is 27.2 Å². The van der Waals surface area contributed by atoms with E-state index in [9.17, 15) is 14.4 Å². The zero-order valence-electron chi connectivity index (χ0n) is 12.0. The molecule has 1 fully saturated rings. The lowest BCUT2D eigenvalue weighted by Crippen LogP contribution is -2.40. The highest BCUT2D eigenvalue weighted by atomic mass is 16.4. The fraction of sp³-hybridized carbons (Fsp3) is 0.438. The average Bonchev–Trinajstić information content (AvgIpc) is 2.87. The number of carbonyl (C=O) groups excluding carboxylic acids is 2. The number of ketones is 1. The molecule has 5 heteroatoms. The van der Waals surface area contributed by atoms with Gasteiger partial charge in [0.15, 0.2) is 5.78 Å². The van der Waals surface area contributed by atoms with E-state index in [1.807, 2.05) is 6.07 Å². The Kier molecular flexibility index (Phi) is 4.73. The van der Waals surface area contributed by atoms with Gasteiger partial charge < -0.3 is 10.0 Å². The first kappa shape index (κ1) is 15.2. The summed E-state index contributed by atoms with van der Waals surface area (Å²) in [6.45, 7) is 2.14. The van der Waals surface area contributed by atoms with E-state index in [1.165, 1.54) is 6.92 Å². The van der Waals surface area contributed by atoms with Crippen LogP contribution in [0, 0.1) is 0 Å². The van der Waals surface area contributed by atoms with Crippen LogP contribution < -0.4 is 0 Å². The minimum atomic E-state index is -0.894. The number of likely N-dealkylation sites (tertiary alicyclic amines) is 1. The zero-order chi connectivity index (χ0) is 15.4. The summed E-state index contributed by atoms with van der Waals surface area (Å²) in [6.07, 6.45) is 1.74. The fourth-order valence-corrected chi connectivity index (χ4v) is 2.79. The smallest absolute Gasteiger partial charge is 0.307 e. The van der Waals surface area contributed by atoms with Crippen LogP contribution >= 0.6 is 0 Å². The van der Waals surface area contributed by atoms with Gasteiger partial charge in [-0.1, -0.05) is 24.3 Å². The van der Waals surface area contributed by atoms with E-state index in [4.69, 9.17) is 5.11 Å². The van der Waals surface area contributed by atoms with E-state index in [2.05, 4.69) is 0 Å². The number of Topliss-reactive ketones (excluding diaryl/α,β-unsaturated/α-hetero) is 1. The molecule has 5 nitrogen and oxygen atoms in total. The molecule has 0 spiro atoms. The van der Waals surface area contributed by atoms with Gasteiger partial charge in [-0.2, -0.15) is 0 Å². The molecule has 1 aromatic rings. The Hall–Kier alpha value is -2.17. The summed E-state index contributed by atoms with van der Waals surface area (Å²) in [4.78, 5) is 36.2. The van der Waals surface area contributed by atoms with Crippen molar-refractivity contribution in [1.29, 1.82) is 0 Å². The van der Waals surface area contributed by atoms with Crippen LogP contribution in [0.4, 0.5) is 0 Å². The highest BCUT2D eigenvalue weighted by Crippen LogP contribution is 2.19. The lowest BCUT2D eigenvalue weighted by atomic mass is 10.0. The summed E-state index contributed by atoms with van der Waals surface area (Å²) in [5, 5.41) is 8.80. The molecule has 1 N–H and O–H groups in total. The number of benzene rings is 1. The van der Waals surface area contributed by atoms with E-state index in [0.717, 1.165) is 18.4 Å². The molecular formula is C16H19NO4. The largest absolute Gasteiger partial charge is 0.481 e. The Bertz CT molecular complexity index is 567. The molecule has 2 rings (SSSR count). The molecule has 0 aliphatic carbocycles. The number of carboxylic acid groups (broad SMARTS) is 1. The molecule has 1 saturated heterocycles. The first-order valence-electron chi connectivity index (χ1n) is 7.07. The second-order valence-corrected chi connectivity index (χ2v) is 5.42. The van der Waals surface area contributed by atoms with Crippen LogP contribution in [0.5, 0.6) is 0 Å². The molecule has 0 saturated carbocycles. The normalized spacial score (nSPS) is 17.8. The van der Waals surface area contributed by atoms with Crippen molar-refractivity contribution >= 4 is 17.7 Å². The number of aliphatic carboxylic acids is 1. The summed E-state index contributed by atoms with van der Waals surface area (Å²) in [5.41, 5.74) is 1.46. The Morgan fingerprint density at radius 2 is 1.90 bits per heavy atom. The van der Waals surface area contributed by atoms with Crippen LogP contribution in [0.2, 0.25) is 0 Å². The topological polar surface area (TPSA) is 74.7 Å². The molecule has 0 unspecified atom stereocenters. The molecule has 1 heterocycles. The lowest BCUT2D eigenvalue weighted by molar-refractivity contribution is -0.136. The van der Waals surface area contributed by atoms with Gasteiger partial charge in [-0.25, -0.2) is 0 Å². The third-order valence-corrected chi connectivity index (χ3v) is 3.74. The third-order valence-electron chi connectivity index (χ3n) is 3.74. The number of nitrogens with zero attached hydrogens (tertiary/aromatic N) is 1. The Morgan fingerprint density at radius 3 is 2.52 bits per heavy atom. The Balaban J connectivity index is 2.05. The third kappa shape index (κ3) is 3.90. The Morgan fingerprint density at radius 1 is 1.24 bits per heavy atom. The van der Waals surface area contributed by atoms with E-state index >= 15 is 0 Å². The molecular weight excluding hydrogens is 270 g/mol. The summed E-state index contributed by atoms with van der Waals surface area (Å²) in [7, 11) is 0. The van der Waals surface area contributed by atoms with Crippen LogP contribution in [0.3, 0.4) is 0 Å². The van der Waals surface area contributed by atoms with Gasteiger partial charge in [-0.05, 0) is 30.9 Å². The van der Waals surface area contributed by atoms with Gasteiger partial charge in [-0.15, -0.1) is 0 Å². The summed E-state index contributed by atoms with van der Waals surface area (Å²) in [5.74, 6) is -0.935. The van der Waals surface area contributed by atoms with Crippen LogP contribution in [0.1, 0.15) is 30.9 Å². The molecule has 1 aromatic carbocycles. The molecule has 0 aromatic heterocycles. The number of hydrogen-bond acceptors (Lipinski definition) is 3. The molecule has 0 radical (unpaired) electrons. The lowest BCUT2D eigenvalue weighted by Gasteiger charge is -2.22. The van der Waals surface area contributed by atoms with Crippen molar-refractivity contribution in [2.24, 2.45) is 0 Å². The van der Waals surface area contributed by atoms with Crippen molar-refractivity contribution in [2.75, 3.05) is 6.54 Å². The monoisotopic (exact) mass is 289 g/mol. The molecule has 21 heavy (non-hydrogen) atoms. The first-order chi connectivity index (χ1) is 9.97. The standard InChI is InChI=1S/C16H19NO4/c1-11(18)14-6-3-7-17(14)15(19)9-12-4-2-5-13(8-12)10-16(20)21/h2,4-5,8,14H,3,6-7,9-10H2,1H3,(H,20,21)/t14-/m1/s1. The van der Waals surface area contributed by atoms with Crippen LogP contribution in [0.15, 0.2) is 24.3 Å². The van der Waals surface area contributed by atoms with E-state index in [-0.39, 0.29) is 30.6 Å². The minimum Gasteiger partial charge on any atom is -0.481 e. The minimum absolute atomic E-state index is 0.0282. The maximum atomic E-state index is 12.3. The predicted octanol–water partition coefficient (Wildman–Crippen LogP) is 1.44. The van der Waals surface area contributed by atoms with E-state index in [0.29, 0.717) is 12.1 Å². The summed E-state index contributed by atoms with van der Waals surface area (Å²) in [6, 6.07) is 6.75. The van der Waals surface area contributed by atoms with Gasteiger partial charge >= 0.3 is 5.97 Å². The first-order valence-corrected chi connectivity index (χ1v) is 7.07. The van der Waals surface area contributed by atoms with Gasteiger partial charge in [0.05, 0.1) is 18.9 Å². The average molecular weight is 289 g/mol. The molecule has 1 aliphatic heterocycles. The second kappa shape index (κ2) is 6.52. The molecule has 112 valence electrons. The summed E-state index contributed by atoms with van der Waals surface area (Å²) >= 11 is 0. The highest BCUT2D eigenvalue weighted by Gasteiger charge is 2.31. The van der Waals surface area contributed by atoms with Crippen molar-refractivity contribution in [2.45, 2.75) is 38.6 Å². The van der Waals surface area contributed by atoms with Gasteiger partial charge in [0.2, 0.25) is 5.91 Å². The maximum Gasteiger partial charge on any atom is 0.307 e. The predicted molar refractivity (Wildman–Crippen MR) is 76.9 cm³/mol. The zero-order valence-corrected chi connectivity index (χ0v) is 12.0. The van der Waals surface area contributed by atoms with Crippen molar-refractivity contribution < 1.29 is 19.5 Å². The van der Waals surface area contributed by atoms with Crippen molar-refractivity contribution in [3.05, 3.63) is 35.4 Å². The fourth-order valence-electron chi connectivity index (χ4n) is 2.79. The maximum absolute atomic E-state index is 12.3. The number of rotatable bonds is 5. The van der Waals surface area contributed by atoms with Crippen molar-refractivity contribution in [3.8, 4) is 0 Å². The molecule has 1 amide bonds. The number of amides is 1. The van der Waals surface area contributed by atoms with Gasteiger partial charge in [0.1, 0.15) is 0 Å². The van der Waals surface area contributed by atoms with Crippen LogP contribution in [0.25, 0.3) is 0 Å². The van der Waals surface area contributed by atoms with Crippen LogP contribution in [-0.4, -0.2) is 40.3 Å².